The molecule has 0 unspecified atom stereocenters. The van der Waals surface area contributed by atoms with Gasteiger partial charge < -0.3 is 15.0 Å². The van der Waals surface area contributed by atoms with Crippen LogP contribution in [0.5, 0.6) is 5.75 Å². The third-order valence-electron chi connectivity index (χ3n) is 2.34. The molecule has 2 rings (SSSR count). The van der Waals surface area contributed by atoms with Gasteiger partial charge in [0.1, 0.15) is 5.75 Å². The van der Waals surface area contributed by atoms with Crippen LogP contribution in [0.25, 0.3) is 10.9 Å². The maximum Gasteiger partial charge on any atom is 0.143 e. The summed E-state index contributed by atoms with van der Waals surface area (Å²) >= 11 is 0. The Labute approximate surface area is 89.4 Å². The monoisotopic (exact) mass is 204 g/mol. The maximum atomic E-state index is 5.56. The van der Waals surface area contributed by atoms with Crippen molar-refractivity contribution in [3.05, 3.63) is 30.0 Å². The highest BCUT2D eigenvalue weighted by molar-refractivity contribution is 5.86. The second-order valence-electron chi connectivity index (χ2n) is 3.48. The van der Waals surface area contributed by atoms with Gasteiger partial charge in [-0.25, -0.2) is 0 Å². The summed E-state index contributed by atoms with van der Waals surface area (Å²) < 4.78 is 5.56. The lowest BCUT2D eigenvalue weighted by Crippen LogP contribution is -2.04. The van der Waals surface area contributed by atoms with E-state index in [0.717, 1.165) is 17.8 Å². The van der Waals surface area contributed by atoms with Gasteiger partial charge in [-0.2, -0.15) is 0 Å². The number of hydrogen-bond acceptors (Lipinski definition) is 2. The van der Waals surface area contributed by atoms with Crippen molar-refractivity contribution in [1.29, 1.82) is 0 Å². The first kappa shape index (κ1) is 10.1. The molecule has 0 fully saturated rings. The fraction of sp³-hybridized carbons (Fsp3) is 0.333. The van der Waals surface area contributed by atoms with Crippen molar-refractivity contribution in [2.45, 2.75) is 13.5 Å². The fourth-order valence-electron chi connectivity index (χ4n) is 1.75. The summed E-state index contributed by atoms with van der Waals surface area (Å²) in [5.41, 5.74) is 2.27. The van der Waals surface area contributed by atoms with Crippen LogP contribution in [0.1, 0.15) is 12.6 Å². The van der Waals surface area contributed by atoms with E-state index in [4.69, 9.17) is 4.74 Å². The second kappa shape index (κ2) is 4.36. The maximum absolute atomic E-state index is 5.56. The molecule has 3 nitrogen and oxygen atoms in total. The Morgan fingerprint density at radius 3 is 3.00 bits per heavy atom. The van der Waals surface area contributed by atoms with Crippen LogP contribution in [-0.4, -0.2) is 18.6 Å². The summed E-state index contributed by atoms with van der Waals surface area (Å²) in [6.45, 7) is 3.54. The number of benzene rings is 1. The Morgan fingerprint density at radius 2 is 2.27 bits per heavy atom. The van der Waals surface area contributed by atoms with Gasteiger partial charge in [-0.3, -0.25) is 0 Å². The van der Waals surface area contributed by atoms with Crippen LogP contribution >= 0.6 is 0 Å². The molecule has 0 saturated carbocycles. The van der Waals surface area contributed by atoms with Crippen LogP contribution in [0.3, 0.4) is 0 Å². The predicted octanol–water partition coefficient (Wildman–Crippen LogP) is 2.29. The minimum atomic E-state index is 0.694. The van der Waals surface area contributed by atoms with Crippen molar-refractivity contribution < 1.29 is 4.74 Å². The van der Waals surface area contributed by atoms with Crippen LogP contribution in [0, 0.1) is 0 Å². The van der Waals surface area contributed by atoms with Gasteiger partial charge in [-0.1, -0.05) is 12.1 Å². The first-order valence-electron chi connectivity index (χ1n) is 5.23. The van der Waals surface area contributed by atoms with Crippen molar-refractivity contribution in [1.82, 2.24) is 10.3 Å². The highest BCUT2D eigenvalue weighted by Crippen LogP contribution is 2.25. The third kappa shape index (κ3) is 1.97. The van der Waals surface area contributed by atoms with Gasteiger partial charge in [-0.15, -0.1) is 0 Å². The first-order chi connectivity index (χ1) is 7.35. The van der Waals surface area contributed by atoms with Crippen molar-refractivity contribution in [3.8, 4) is 5.75 Å². The Morgan fingerprint density at radius 1 is 1.40 bits per heavy atom. The zero-order valence-electron chi connectivity index (χ0n) is 9.13. The standard InChI is InChI=1S/C12H16N2O/c1-3-15-11-6-4-5-9-7-10(8-13-2)14-12(9)11/h4-7,13-14H,3,8H2,1-2H3. The van der Waals surface area contributed by atoms with E-state index in [-0.39, 0.29) is 0 Å². The van der Waals surface area contributed by atoms with Gasteiger partial charge in [-0.05, 0) is 26.1 Å². The van der Waals surface area contributed by atoms with E-state index >= 15 is 0 Å². The molecule has 0 aliphatic heterocycles. The summed E-state index contributed by atoms with van der Waals surface area (Å²) in [6.07, 6.45) is 0. The number of ether oxygens (including phenoxy) is 1. The Kier molecular flexibility index (Phi) is 2.92. The molecule has 80 valence electrons. The molecular formula is C12H16N2O. The van der Waals surface area contributed by atoms with Crippen LogP contribution in [0.15, 0.2) is 24.3 Å². The van der Waals surface area contributed by atoms with Crippen LogP contribution in [0.4, 0.5) is 0 Å². The summed E-state index contributed by atoms with van der Waals surface area (Å²) in [4.78, 5) is 3.36. The molecule has 2 aromatic rings. The van der Waals surface area contributed by atoms with E-state index in [2.05, 4.69) is 22.4 Å². The number of fused-ring (bicyclic) bond motifs is 1. The average Bonchev–Trinajstić information content (AvgIpc) is 2.62. The molecule has 0 aliphatic carbocycles. The molecule has 2 N–H and O–H groups in total. The van der Waals surface area contributed by atoms with Gasteiger partial charge >= 0.3 is 0 Å². The normalized spacial score (nSPS) is 10.8. The highest BCUT2D eigenvalue weighted by Gasteiger charge is 2.04. The van der Waals surface area contributed by atoms with Crippen molar-refractivity contribution in [2.24, 2.45) is 0 Å². The summed E-state index contributed by atoms with van der Waals surface area (Å²) in [6, 6.07) is 8.25. The lowest BCUT2D eigenvalue weighted by molar-refractivity contribution is 0.343. The quantitative estimate of drug-likeness (QED) is 0.801. The molecule has 0 spiro atoms. The lowest BCUT2D eigenvalue weighted by atomic mass is 10.2. The van der Waals surface area contributed by atoms with Gasteiger partial charge in [0.25, 0.3) is 0 Å². The zero-order chi connectivity index (χ0) is 10.7. The van der Waals surface area contributed by atoms with Crippen LogP contribution < -0.4 is 10.1 Å². The van der Waals surface area contributed by atoms with E-state index in [0.29, 0.717) is 6.61 Å². The average molecular weight is 204 g/mol. The van der Waals surface area contributed by atoms with Gasteiger partial charge in [0.05, 0.1) is 12.1 Å². The van der Waals surface area contributed by atoms with E-state index < -0.39 is 0 Å². The summed E-state index contributed by atoms with van der Waals surface area (Å²) in [5, 5.41) is 4.32. The minimum Gasteiger partial charge on any atom is -0.492 e. The first-order valence-corrected chi connectivity index (χ1v) is 5.23. The number of H-pyrrole nitrogens is 1. The molecule has 1 aromatic carbocycles. The van der Waals surface area contributed by atoms with Crippen molar-refractivity contribution in [3.63, 3.8) is 0 Å². The Hall–Kier alpha value is -1.48. The number of hydrogen-bond donors (Lipinski definition) is 2. The Bertz CT molecular complexity index is 448. The minimum absolute atomic E-state index is 0.694. The van der Waals surface area contributed by atoms with Crippen LogP contribution in [0.2, 0.25) is 0 Å². The van der Waals surface area contributed by atoms with Gasteiger partial charge in [0.15, 0.2) is 0 Å². The second-order valence-corrected chi connectivity index (χ2v) is 3.48. The van der Waals surface area contributed by atoms with E-state index in [1.807, 2.05) is 26.1 Å². The number of aromatic amines is 1. The molecule has 1 aromatic heterocycles. The number of aromatic nitrogens is 1. The topological polar surface area (TPSA) is 37.0 Å². The van der Waals surface area contributed by atoms with E-state index in [1.165, 1.54) is 11.1 Å². The summed E-state index contributed by atoms with van der Waals surface area (Å²) in [7, 11) is 1.94. The third-order valence-corrected chi connectivity index (χ3v) is 2.34. The molecule has 1 heterocycles. The molecule has 15 heavy (non-hydrogen) atoms. The van der Waals surface area contributed by atoms with Gasteiger partial charge in [0, 0.05) is 17.6 Å². The SMILES string of the molecule is CCOc1cccc2cc(CNC)[nH]c12. The highest BCUT2D eigenvalue weighted by atomic mass is 16.5. The van der Waals surface area contributed by atoms with Crippen molar-refractivity contribution in [2.75, 3.05) is 13.7 Å². The molecule has 0 atom stereocenters. The molecular weight excluding hydrogens is 188 g/mol. The fourth-order valence-corrected chi connectivity index (χ4v) is 1.75. The number of nitrogens with one attached hydrogen (secondary N) is 2. The van der Waals surface area contributed by atoms with Gasteiger partial charge in [0.2, 0.25) is 0 Å². The molecule has 0 bridgehead atoms. The zero-order valence-corrected chi connectivity index (χ0v) is 9.13. The molecule has 0 radical (unpaired) electrons. The van der Waals surface area contributed by atoms with Crippen molar-refractivity contribution >= 4 is 10.9 Å². The Balaban J connectivity index is 2.44. The summed E-state index contributed by atoms with van der Waals surface area (Å²) in [5.74, 6) is 0.928. The molecule has 0 amide bonds. The smallest absolute Gasteiger partial charge is 0.143 e. The lowest BCUT2D eigenvalue weighted by Gasteiger charge is -2.03. The number of para-hydroxylation sites is 1. The molecule has 3 heteroatoms. The molecule has 0 aliphatic rings. The van der Waals surface area contributed by atoms with E-state index in [1.54, 1.807) is 0 Å². The largest absolute Gasteiger partial charge is 0.492 e. The van der Waals surface area contributed by atoms with Crippen LogP contribution in [-0.2, 0) is 6.54 Å². The predicted molar refractivity (Wildman–Crippen MR) is 62.2 cm³/mol. The number of rotatable bonds is 4. The molecule has 0 saturated heterocycles. The van der Waals surface area contributed by atoms with E-state index in [9.17, 15) is 0 Å².